The van der Waals surface area contributed by atoms with Crippen LogP contribution in [0.3, 0.4) is 0 Å². The van der Waals surface area contributed by atoms with Gasteiger partial charge in [-0.3, -0.25) is 0 Å². The molecule has 104 valence electrons. The second kappa shape index (κ2) is 4.14. The van der Waals surface area contributed by atoms with Crippen LogP contribution in [0.25, 0.3) is 0 Å². The van der Waals surface area contributed by atoms with Gasteiger partial charge in [-0.15, -0.1) is 0 Å². The van der Waals surface area contributed by atoms with E-state index in [1.807, 2.05) is 0 Å². The second-order valence-corrected chi connectivity index (χ2v) is 6.75. The van der Waals surface area contributed by atoms with Gasteiger partial charge < -0.3 is 15.2 Å². The summed E-state index contributed by atoms with van der Waals surface area (Å²) in [6.07, 6.45) is 3.29. The summed E-state index contributed by atoms with van der Waals surface area (Å²) in [5, 5.41) is 0. The van der Waals surface area contributed by atoms with E-state index in [0.29, 0.717) is 0 Å². The second-order valence-electron chi connectivity index (χ2n) is 6.75. The SMILES string of the molecule is CC1Cc2c(cc3c(c2CC(C)(C)N)OC(C)C3)O1. The molecule has 3 nitrogen and oxygen atoms in total. The fraction of sp³-hybridized carbons (Fsp3) is 0.625. The quantitative estimate of drug-likeness (QED) is 0.890. The van der Waals surface area contributed by atoms with Gasteiger partial charge in [0.15, 0.2) is 0 Å². The molecule has 0 aliphatic carbocycles. The first-order valence-corrected chi connectivity index (χ1v) is 7.13. The fourth-order valence-corrected chi connectivity index (χ4v) is 3.16. The molecule has 2 aliphatic rings. The predicted octanol–water partition coefficient (Wildman–Crippen LogP) is 2.61. The maximum absolute atomic E-state index is 6.23. The molecule has 19 heavy (non-hydrogen) atoms. The van der Waals surface area contributed by atoms with Crippen LogP contribution in [0.5, 0.6) is 11.5 Å². The molecule has 0 radical (unpaired) electrons. The molecule has 0 saturated heterocycles. The number of rotatable bonds is 2. The van der Waals surface area contributed by atoms with Crippen molar-refractivity contribution < 1.29 is 9.47 Å². The average molecular weight is 261 g/mol. The highest BCUT2D eigenvalue weighted by atomic mass is 16.5. The van der Waals surface area contributed by atoms with Crippen LogP contribution in [0.2, 0.25) is 0 Å². The van der Waals surface area contributed by atoms with Gasteiger partial charge in [-0.1, -0.05) is 0 Å². The van der Waals surface area contributed by atoms with Crippen molar-refractivity contribution in [3.05, 3.63) is 22.8 Å². The van der Waals surface area contributed by atoms with E-state index >= 15 is 0 Å². The average Bonchev–Trinajstić information content (AvgIpc) is 2.78. The van der Waals surface area contributed by atoms with Crippen LogP contribution in [0.1, 0.15) is 44.4 Å². The Kier molecular flexibility index (Phi) is 2.79. The Morgan fingerprint density at radius 2 is 1.89 bits per heavy atom. The molecule has 0 bridgehead atoms. The van der Waals surface area contributed by atoms with Crippen LogP contribution >= 0.6 is 0 Å². The molecule has 3 rings (SSSR count). The van der Waals surface area contributed by atoms with Crippen molar-refractivity contribution in [3.63, 3.8) is 0 Å². The number of nitrogens with two attached hydrogens (primary N) is 1. The first-order valence-electron chi connectivity index (χ1n) is 7.13. The van der Waals surface area contributed by atoms with Crippen LogP contribution in [-0.2, 0) is 19.3 Å². The Morgan fingerprint density at radius 3 is 2.58 bits per heavy atom. The molecule has 2 N–H and O–H groups in total. The van der Waals surface area contributed by atoms with E-state index in [-0.39, 0.29) is 17.7 Å². The van der Waals surface area contributed by atoms with Crippen LogP contribution in [-0.4, -0.2) is 17.7 Å². The molecular formula is C16H23NO2. The van der Waals surface area contributed by atoms with Gasteiger partial charge in [-0.05, 0) is 40.2 Å². The van der Waals surface area contributed by atoms with Gasteiger partial charge in [0.1, 0.15) is 23.7 Å². The minimum Gasteiger partial charge on any atom is -0.490 e. The van der Waals surface area contributed by atoms with Gasteiger partial charge in [0, 0.05) is 35.1 Å². The van der Waals surface area contributed by atoms with Crippen molar-refractivity contribution in [2.75, 3.05) is 0 Å². The monoisotopic (exact) mass is 261 g/mol. The predicted molar refractivity (Wildman–Crippen MR) is 76.0 cm³/mol. The third kappa shape index (κ3) is 2.32. The van der Waals surface area contributed by atoms with Crippen molar-refractivity contribution in [3.8, 4) is 11.5 Å². The molecule has 0 aromatic heterocycles. The summed E-state index contributed by atoms with van der Waals surface area (Å²) in [5.74, 6) is 2.12. The van der Waals surface area contributed by atoms with E-state index in [9.17, 15) is 0 Å². The third-order valence-corrected chi connectivity index (χ3v) is 3.81. The third-order valence-electron chi connectivity index (χ3n) is 3.81. The first-order chi connectivity index (χ1) is 8.83. The van der Waals surface area contributed by atoms with Crippen molar-refractivity contribution in [1.82, 2.24) is 0 Å². The van der Waals surface area contributed by atoms with Gasteiger partial charge in [0.25, 0.3) is 0 Å². The summed E-state index contributed by atoms with van der Waals surface area (Å²) in [5.41, 5.74) is 9.85. The van der Waals surface area contributed by atoms with Gasteiger partial charge in [-0.25, -0.2) is 0 Å². The van der Waals surface area contributed by atoms with E-state index in [1.165, 1.54) is 16.7 Å². The van der Waals surface area contributed by atoms with Gasteiger partial charge in [-0.2, -0.15) is 0 Å². The molecular weight excluding hydrogens is 238 g/mol. The number of benzene rings is 1. The molecule has 2 heterocycles. The number of ether oxygens (including phenoxy) is 2. The normalized spacial score (nSPS) is 24.7. The highest BCUT2D eigenvalue weighted by molar-refractivity contribution is 5.57. The standard InChI is InChI=1S/C16H23NO2/c1-9-5-11-7-14-12(6-10(2)18-14)13(15(11)19-9)8-16(3,4)17/h7,9-10H,5-6,8,17H2,1-4H3. The first kappa shape index (κ1) is 12.8. The topological polar surface area (TPSA) is 44.5 Å². The molecule has 2 aliphatic heterocycles. The summed E-state index contributed by atoms with van der Waals surface area (Å²) in [7, 11) is 0. The zero-order chi connectivity index (χ0) is 13.8. The lowest BCUT2D eigenvalue weighted by Gasteiger charge is -2.22. The minimum atomic E-state index is -0.232. The Labute approximate surface area is 115 Å². The Hall–Kier alpha value is -1.22. The molecule has 2 unspecified atom stereocenters. The van der Waals surface area contributed by atoms with Gasteiger partial charge in [0.05, 0.1) is 0 Å². The largest absolute Gasteiger partial charge is 0.490 e. The summed E-state index contributed by atoms with van der Waals surface area (Å²) in [6, 6.07) is 2.17. The van der Waals surface area contributed by atoms with Gasteiger partial charge >= 0.3 is 0 Å². The lowest BCUT2D eigenvalue weighted by molar-refractivity contribution is 0.251. The highest BCUT2D eigenvalue weighted by Crippen LogP contribution is 2.44. The number of hydrogen-bond acceptors (Lipinski definition) is 3. The lowest BCUT2D eigenvalue weighted by atomic mass is 9.89. The number of fused-ring (bicyclic) bond motifs is 2. The number of hydrogen-bond donors (Lipinski definition) is 1. The van der Waals surface area contributed by atoms with E-state index in [1.54, 1.807) is 0 Å². The van der Waals surface area contributed by atoms with Crippen molar-refractivity contribution in [1.29, 1.82) is 0 Å². The summed E-state index contributed by atoms with van der Waals surface area (Å²) < 4.78 is 12.0. The molecule has 3 heteroatoms. The van der Waals surface area contributed by atoms with E-state index < -0.39 is 0 Å². The van der Waals surface area contributed by atoms with E-state index in [2.05, 4.69) is 33.8 Å². The Balaban J connectivity index is 2.10. The fourth-order valence-electron chi connectivity index (χ4n) is 3.16. The molecule has 0 spiro atoms. The molecule has 0 saturated carbocycles. The maximum Gasteiger partial charge on any atom is 0.126 e. The van der Waals surface area contributed by atoms with Crippen LogP contribution in [0, 0.1) is 0 Å². The zero-order valence-electron chi connectivity index (χ0n) is 12.2. The van der Waals surface area contributed by atoms with Gasteiger partial charge in [0.2, 0.25) is 0 Å². The van der Waals surface area contributed by atoms with Crippen LogP contribution in [0.15, 0.2) is 6.07 Å². The van der Waals surface area contributed by atoms with Crippen molar-refractivity contribution >= 4 is 0 Å². The molecule has 0 amide bonds. The van der Waals surface area contributed by atoms with Crippen LogP contribution in [0.4, 0.5) is 0 Å². The molecule has 1 aromatic carbocycles. The molecule has 0 fully saturated rings. The summed E-state index contributed by atoms with van der Waals surface area (Å²) >= 11 is 0. The van der Waals surface area contributed by atoms with Crippen molar-refractivity contribution in [2.24, 2.45) is 5.73 Å². The Bertz CT molecular complexity index is 480. The van der Waals surface area contributed by atoms with Crippen molar-refractivity contribution in [2.45, 2.75) is 64.7 Å². The molecule has 2 atom stereocenters. The van der Waals surface area contributed by atoms with Crippen LogP contribution < -0.4 is 15.2 Å². The van der Waals surface area contributed by atoms with E-state index in [4.69, 9.17) is 15.2 Å². The smallest absolute Gasteiger partial charge is 0.126 e. The maximum atomic E-state index is 6.23. The zero-order valence-corrected chi connectivity index (χ0v) is 12.2. The highest BCUT2D eigenvalue weighted by Gasteiger charge is 2.32. The lowest BCUT2D eigenvalue weighted by Crippen LogP contribution is -2.35. The van der Waals surface area contributed by atoms with E-state index in [0.717, 1.165) is 30.8 Å². The minimum absolute atomic E-state index is 0.232. The summed E-state index contributed by atoms with van der Waals surface area (Å²) in [6.45, 7) is 8.37. The Morgan fingerprint density at radius 1 is 1.21 bits per heavy atom. The molecule has 1 aromatic rings. The summed E-state index contributed by atoms with van der Waals surface area (Å²) in [4.78, 5) is 0.